The first-order valence-corrected chi connectivity index (χ1v) is 10.4. The molecule has 2 unspecified atom stereocenters. The second-order valence-electron chi connectivity index (χ2n) is 5.74. The number of rotatable bonds is 5. The zero-order chi connectivity index (χ0) is 15.3. The summed E-state index contributed by atoms with van der Waals surface area (Å²) in [5.41, 5.74) is 0. The van der Waals surface area contributed by atoms with Gasteiger partial charge in [-0.1, -0.05) is 0 Å². The van der Waals surface area contributed by atoms with Crippen molar-refractivity contribution in [2.45, 2.75) is 24.5 Å². The van der Waals surface area contributed by atoms with Gasteiger partial charge in [0.15, 0.2) is 5.96 Å². The van der Waals surface area contributed by atoms with E-state index < -0.39 is 10.0 Å². The zero-order valence-electron chi connectivity index (χ0n) is 13.2. The van der Waals surface area contributed by atoms with Crippen LogP contribution in [0.3, 0.4) is 0 Å². The Labute approximate surface area is 155 Å². The SMILES string of the molecule is CN=C(NCC1CCN(S(C)(=O)=O)C1)NCC1CCCS1.I. The lowest BCUT2D eigenvalue weighted by Gasteiger charge is -2.17. The van der Waals surface area contributed by atoms with Crippen LogP contribution in [0.2, 0.25) is 0 Å². The number of hydrogen-bond donors (Lipinski definition) is 2. The lowest BCUT2D eigenvalue weighted by atomic mass is 10.1. The molecule has 0 aromatic carbocycles. The molecule has 0 aliphatic carbocycles. The molecule has 0 aromatic heterocycles. The standard InChI is InChI=1S/C13H26N4O2S2.HI/c1-14-13(16-9-12-4-3-7-20-12)15-8-11-5-6-17(10-11)21(2,18)19;/h11-12H,3-10H2,1-2H3,(H2,14,15,16);1H. The van der Waals surface area contributed by atoms with E-state index in [2.05, 4.69) is 15.6 Å². The molecule has 2 aliphatic rings. The number of aliphatic imine (C=N–C) groups is 1. The second-order valence-corrected chi connectivity index (χ2v) is 9.14. The van der Waals surface area contributed by atoms with Gasteiger partial charge in [0.2, 0.25) is 10.0 Å². The molecule has 0 aromatic rings. The zero-order valence-corrected chi connectivity index (χ0v) is 17.2. The van der Waals surface area contributed by atoms with E-state index >= 15 is 0 Å². The van der Waals surface area contributed by atoms with Crippen molar-refractivity contribution in [2.75, 3.05) is 45.2 Å². The molecule has 2 N–H and O–H groups in total. The number of thioether (sulfide) groups is 1. The highest BCUT2D eigenvalue weighted by Gasteiger charge is 2.28. The van der Waals surface area contributed by atoms with E-state index in [0.29, 0.717) is 24.3 Å². The van der Waals surface area contributed by atoms with Crippen molar-refractivity contribution < 1.29 is 8.42 Å². The van der Waals surface area contributed by atoms with Crippen LogP contribution in [0.15, 0.2) is 4.99 Å². The van der Waals surface area contributed by atoms with Crippen LogP contribution in [0.25, 0.3) is 0 Å². The average Bonchev–Trinajstić information content (AvgIpc) is 3.09. The summed E-state index contributed by atoms with van der Waals surface area (Å²) in [5, 5.41) is 7.37. The molecule has 0 radical (unpaired) electrons. The average molecular weight is 462 g/mol. The minimum atomic E-state index is -3.04. The number of nitrogens with one attached hydrogen (secondary N) is 2. The number of hydrogen-bond acceptors (Lipinski definition) is 4. The molecule has 2 rings (SSSR count). The highest BCUT2D eigenvalue weighted by atomic mass is 127. The maximum Gasteiger partial charge on any atom is 0.211 e. The van der Waals surface area contributed by atoms with Crippen molar-refractivity contribution in [3.8, 4) is 0 Å². The molecule has 0 saturated carbocycles. The van der Waals surface area contributed by atoms with Gasteiger partial charge in [0.1, 0.15) is 0 Å². The van der Waals surface area contributed by atoms with Crippen molar-refractivity contribution in [3.05, 3.63) is 0 Å². The summed E-state index contributed by atoms with van der Waals surface area (Å²) < 4.78 is 24.5. The normalized spacial score (nSPS) is 26.7. The van der Waals surface area contributed by atoms with Crippen molar-refractivity contribution in [1.82, 2.24) is 14.9 Å². The largest absolute Gasteiger partial charge is 0.356 e. The minimum Gasteiger partial charge on any atom is -0.356 e. The van der Waals surface area contributed by atoms with E-state index in [9.17, 15) is 8.42 Å². The van der Waals surface area contributed by atoms with E-state index in [0.717, 1.165) is 25.5 Å². The van der Waals surface area contributed by atoms with Gasteiger partial charge in [-0.15, -0.1) is 24.0 Å². The molecule has 2 saturated heterocycles. The van der Waals surface area contributed by atoms with Gasteiger partial charge in [-0.05, 0) is 30.9 Å². The van der Waals surface area contributed by atoms with Crippen LogP contribution in [-0.4, -0.2) is 69.2 Å². The Kier molecular flexibility index (Phi) is 8.80. The van der Waals surface area contributed by atoms with Crippen molar-refractivity contribution in [3.63, 3.8) is 0 Å². The van der Waals surface area contributed by atoms with Crippen molar-refractivity contribution in [2.24, 2.45) is 10.9 Å². The Morgan fingerprint density at radius 2 is 2.05 bits per heavy atom. The van der Waals surface area contributed by atoms with Crippen LogP contribution in [0.5, 0.6) is 0 Å². The lowest BCUT2D eigenvalue weighted by molar-refractivity contribution is 0.459. The Balaban J connectivity index is 0.00000242. The lowest BCUT2D eigenvalue weighted by Crippen LogP contribution is -2.42. The van der Waals surface area contributed by atoms with Gasteiger partial charge in [0.25, 0.3) is 0 Å². The summed E-state index contributed by atoms with van der Waals surface area (Å²) in [4.78, 5) is 4.23. The molecule has 22 heavy (non-hydrogen) atoms. The molecule has 2 atom stereocenters. The molecule has 2 heterocycles. The third-order valence-electron chi connectivity index (χ3n) is 4.02. The monoisotopic (exact) mass is 462 g/mol. The van der Waals surface area contributed by atoms with E-state index in [1.54, 1.807) is 11.4 Å². The molecule has 0 spiro atoms. The molecule has 0 bridgehead atoms. The molecule has 0 amide bonds. The third-order valence-corrected chi connectivity index (χ3v) is 6.69. The summed E-state index contributed by atoms with van der Waals surface area (Å²) in [7, 11) is -1.27. The summed E-state index contributed by atoms with van der Waals surface area (Å²) in [6.45, 7) is 2.96. The van der Waals surface area contributed by atoms with Crippen LogP contribution in [0.1, 0.15) is 19.3 Å². The van der Waals surface area contributed by atoms with E-state index in [1.807, 2.05) is 11.8 Å². The fraction of sp³-hybridized carbons (Fsp3) is 0.923. The summed E-state index contributed by atoms with van der Waals surface area (Å²) in [6.07, 6.45) is 4.78. The van der Waals surface area contributed by atoms with E-state index in [-0.39, 0.29) is 24.0 Å². The fourth-order valence-electron chi connectivity index (χ4n) is 2.74. The number of guanidine groups is 1. The Morgan fingerprint density at radius 1 is 1.32 bits per heavy atom. The van der Waals surface area contributed by atoms with Gasteiger partial charge < -0.3 is 10.6 Å². The van der Waals surface area contributed by atoms with Crippen LogP contribution >= 0.6 is 35.7 Å². The first-order chi connectivity index (χ1) is 9.99. The first kappa shape index (κ1) is 20.3. The van der Waals surface area contributed by atoms with Gasteiger partial charge in [-0.2, -0.15) is 11.8 Å². The molecular formula is C13H27IN4O2S2. The smallest absolute Gasteiger partial charge is 0.211 e. The summed E-state index contributed by atoms with van der Waals surface area (Å²) in [5.74, 6) is 2.45. The second kappa shape index (κ2) is 9.53. The Hall–Kier alpha value is 0.260. The van der Waals surface area contributed by atoms with Gasteiger partial charge in [-0.3, -0.25) is 4.99 Å². The summed E-state index contributed by atoms with van der Waals surface area (Å²) >= 11 is 2.02. The van der Waals surface area contributed by atoms with Crippen LogP contribution in [0, 0.1) is 5.92 Å². The van der Waals surface area contributed by atoms with Crippen LogP contribution in [-0.2, 0) is 10.0 Å². The van der Waals surface area contributed by atoms with Crippen LogP contribution < -0.4 is 10.6 Å². The number of halogens is 1. The van der Waals surface area contributed by atoms with Crippen LogP contribution in [0.4, 0.5) is 0 Å². The highest BCUT2D eigenvalue weighted by Crippen LogP contribution is 2.25. The van der Waals surface area contributed by atoms with Crippen molar-refractivity contribution >= 4 is 51.7 Å². The third kappa shape index (κ3) is 6.40. The molecule has 130 valence electrons. The van der Waals surface area contributed by atoms with E-state index in [4.69, 9.17) is 0 Å². The van der Waals surface area contributed by atoms with E-state index in [1.165, 1.54) is 24.9 Å². The van der Waals surface area contributed by atoms with Crippen molar-refractivity contribution in [1.29, 1.82) is 0 Å². The Morgan fingerprint density at radius 3 is 2.59 bits per heavy atom. The maximum absolute atomic E-state index is 11.5. The number of sulfonamides is 1. The quantitative estimate of drug-likeness (QED) is 0.362. The van der Waals surface area contributed by atoms with Gasteiger partial charge in [0.05, 0.1) is 6.26 Å². The Bertz CT molecular complexity index is 467. The first-order valence-electron chi connectivity index (χ1n) is 7.50. The molecule has 2 fully saturated rings. The maximum atomic E-state index is 11.5. The molecule has 9 heteroatoms. The van der Waals surface area contributed by atoms with Gasteiger partial charge in [-0.25, -0.2) is 12.7 Å². The summed E-state index contributed by atoms with van der Waals surface area (Å²) in [6, 6.07) is 0. The highest BCUT2D eigenvalue weighted by molar-refractivity contribution is 14.0. The predicted molar refractivity (Wildman–Crippen MR) is 105 cm³/mol. The predicted octanol–water partition coefficient (Wildman–Crippen LogP) is 0.947. The van der Waals surface area contributed by atoms with Gasteiger partial charge in [0, 0.05) is 38.5 Å². The van der Waals surface area contributed by atoms with Gasteiger partial charge >= 0.3 is 0 Å². The minimum absolute atomic E-state index is 0. The number of nitrogens with zero attached hydrogens (tertiary/aromatic N) is 2. The molecular weight excluding hydrogens is 435 g/mol. The topological polar surface area (TPSA) is 73.8 Å². The molecule has 2 aliphatic heterocycles. The fourth-order valence-corrected chi connectivity index (χ4v) is 4.86. The molecule has 6 nitrogen and oxygen atoms in total.